The van der Waals surface area contributed by atoms with Crippen LogP contribution in [0.3, 0.4) is 0 Å². The van der Waals surface area contributed by atoms with Crippen LogP contribution in [-0.2, 0) is 42.9 Å². The van der Waals surface area contributed by atoms with Crippen LogP contribution >= 0.6 is 0 Å². The second-order valence-corrected chi connectivity index (χ2v) is 10.8. The van der Waals surface area contributed by atoms with E-state index in [-0.39, 0.29) is 24.6 Å². The standard InChI is InChI=1S/C23H23N3O7S/c1-23(2)19(22(29)33-13-15-9-6-10-16(11-15)26(30)31)25-20(28)18(21(25)34(23)32)24-17(27)12-14-7-4-3-5-8-14/h3-11,18-19,21H,12-13H2,1-2H3,(H,24,27). The summed E-state index contributed by atoms with van der Waals surface area (Å²) in [6.45, 7) is 2.98. The number of fused-ring (bicyclic) bond motifs is 1. The predicted octanol–water partition coefficient (Wildman–Crippen LogP) is 1.44. The van der Waals surface area contributed by atoms with E-state index in [1.54, 1.807) is 44.2 Å². The van der Waals surface area contributed by atoms with Gasteiger partial charge in [-0.15, -0.1) is 0 Å². The minimum Gasteiger partial charge on any atom is -0.459 e. The Morgan fingerprint density at radius 2 is 1.82 bits per heavy atom. The molecule has 0 spiro atoms. The summed E-state index contributed by atoms with van der Waals surface area (Å²) in [5, 5.41) is 12.8. The fraction of sp³-hybridized carbons (Fsp3) is 0.348. The first-order chi connectivity index (χ1) is 16.1. The van der Waals surface area contributed by atoms with Gasteiger partial charge in [-0.2, -0.15) is 0 Å². The monoisotopic (exact) mass is 485 g/mol. The number of carbonyl (C=O) groups excluding carboxylic acids is 3. The minimum atomic E-state index is -1.64. The molecule has 0 aromatic heterocycles. The van der Waals surface area contributed by atoms with Crippen molar-refractivity contribution >= 4 is 34.3 Å². The molecule has 2 saturated heterocycles. The van der Waals surface area contributed by atoms with E-state index < -0.39 is 49.8 Å². The lowest BCUT2D eigenvalue weighted by molar-refractivity contribution is -0.384. The molecule has 2 aliphatic rings. The number of β-lactam (4-membered cyclic amide) rings is 1. The Morgan fingerprint density at radius 3 is 2.50 bits per heavy atom. The summed E-state index contributed by atoms with van der Waals surface area (Å²) in [6.07, 6.45) is 0.0715. The molecule has 34 heavy (non-hydrogen) atoms. The van der Waals surface area contributed by atoms with Crippen molar-refractivity contribution < 1.29 is 28.3 Å². The molecule has 4 unspecified atom stereocenters. The molecule has 11 heteroatoms. The number of hydrogen-bond donors (Lipinski definition) is 1. The quantitative estimate of drug-likeness (QED) is 0.271. The summed E-state index contributed by atoms with van der Waals surface area (Å²) < 4.78 is 17.4. The van der Waals surface area contributed by atoms with E-state index in [9.17, 15) is 28.7 Å². The summed E-state index contributed by atoms with van der Waals surface area (Å²) >= 11 is 0. The zero-order valence-electron chi connectivity index (χ0n) is 18.5. The van der Waals surface area contributed by atoms with Gasteiger partial charge in [0, 0.05) is 12.1 Å². The maximum absolute atomic E-state index is 13.2. The zero-order valence-corrected chi connectivity index (χ0v) is 19.3. The third-order valence-electron chi connectivity index (χ3n) is 6.00. The highest BCUT2D eigenvalue weighted by atomic mass is 32.2. The molecule has 2 aromatic rings. The van der Waals surface area contributed by atoms with Crippen LogP contribution < -0.4 is 5.32 Å². The number of rotatable bonds is 7. The molecule has 2 aliphatic heterocycles. The number of hydrogen-bond acceptors (Lipinski definition) is 7. The molecule has 0 saturated carbocycles. The Bertz CT molecular complexity index is 1180. The van der Waals surface area contributed by atoms with Crippen molar-refractivity contribution in [3.8, 4) is 0 Å². The van der Waals surface area contributed by atoms with Gasteiger partial charge < -0.3 is 15.0 Å². The molecule has 1 N–H and O–H groups in total. The van der Waals surface area contributed by atoms with Crippen LogP contribution in [0.25, 0.3) is 0 Å². The first-order valence-electron chi connectivity index (χ1n) is 10.6. The number of ether oxygens (including phenoxy) is 1. The Labute approximate surface area is 197 Å². The largest absolute Gasteiger partial charge is 0.459 e. The lowest BCUT2D eigenvalue weighted by Crippen LogP contribution is -2.71. The molecule has 4 rings (SSSR count). The summed E-state index contributed by atoms with van der Waals surface area (Å²) in [5.41, 5.74) is 1.05. The molecular formula is C23H23N3O7S. The van der Waals surface area contributed by atoms with Gasteiger partial charge in [-0.25, -0.2) is 4.79 Å². The van der Waals surface area contributed by atoms with Crippen LogP contribution in [0.2, 0.25) is 0 Å². The van der Waals surface area contributed by atoms with Crippen LogP contribution in [0.15, 0.2) is 54.6 Å². The molecule has 2 heterocycles. The lowest BCUT2D eigenvalue weighted by Gasteiger charge is -2.43. The lowest BCUT2D eigenvalue weighted by atomic mass is 9.95. The van der Waals surface area contributed by atoms with Crippen molar-refractivity contribution in [1.29, 1.82) is 0 Å². The number of esters is 1. The number of nitro groups is 1. The summed E-state index contributed by atoms with van der Waals surface area (Å²) in [4.78, 5) is 49.9. The minimum absolute atomic E-state index is 0.0715. The predicted molar refractivity (Wildman–Crippen MR) is 122 cm³/mol. The fourth-order valence-electron chi connectivity index (χ4n) is 4.27. The number of nitrogens with zero attached hydrogens (tertiary/aromatic N) is 2. The van der Waals surface area contributed by atoms with E-state index in [0.29, 0.717) is 5.56 Å². The summed E-state index contributed by atoms with van der Waals surface area (Å²) in [7, 11) is -1.64. The number of benzene rings is 2. The Morgan fingerprint density at radius 1 is 1.15 bits per heavy atom. The number of amides is 2. The Balaban J connectivity index is 1.44. The van der Waals surface area contributed by atoms with Gasteiger partial charge in [0.05, 0.1) is 26.9 Å². The molecule has 2 amide bonds. The summed E-state index contributed by atoms with van der Waals surface area (Å²) in [5.74, 6) is -1.63. The average Bonchev–Trinajstić information content (AvgIpc) is 3.00. The van der Waals surface area contributed by atoms with Gasteiger partial charge in [0.25, 0.3) is 5.69 Å². The van der Waals surface area contributed by atoms with Gasteiger partial charge >= 0.3 is 5.97 Å². The number of non-ortho nitro benzene ring substituents is 1. The van der Waals surface area contributed by atoms with E-state index in [1.165, 1.54) is 23.1 Å². The first-order valence-corrected chi connectivity index (χ1v) is 11.8. The Hall–Kier alpha value is -3.60. The van der Waals surface area contributed by atoms with Crippen LogP contribution in [0.1, 0.15) is 25.0 Å². The smallest absolute Gasteiger partial charge is 0.330 e. The number of carbonyl (C=O) groups is 3. The van der Waals surface area contributed by atoms with E-state index in [2.05, 4.69) is 5.32 Å². The second kappa shape index (κ2) is 8.98. The fourth-order valence-corrected chi connectivity index (χ4v) is 6.19. The van der Waals surface area contributed by atoms with E-state index in [1.807, 2.05) is 6.07 Å². The van der Waals surface area contributed by atoms with Crippen LogP contribution in [0.5, 0.6) is 0 Å². The van der Waals surface area contributed by atoms with E-state index in [0.717, 1.165) is 5.56 Å². The highest BCUT2D eigenvalue weighted by Crippen LogP contribution is 2.44. The number of nitro benzene ring substituents is 1. The van der Waals surface area contributed by atoms with Gasteiger partial charge in [-0.3, -0.25) is 23.9 Å². The molecule has 178 valence electrons. The van der Waals surface area contributed by atoms with E-state index >= 15 is 0 Å². The molecule has 0 radical (unpaired) electrons. The van der Waals surface area contributed by atoms with Crippen molar-refractivity contribution in [1.82, 2.24) is 10.2 Å². The molecule has 2 aromatic carbocycles. The molecule has 0 bridgehead atoms. The van der Waals surface area contributed by atoms with Crippen LogP contribution in [-0.4, -0.2) is 54.0 Å². The van der Waals surface area contributed by atoms with Crippen molar-refractivity contribution in [3.05, 3.63) is 75.8 Å². The SMILES string of the molecule is CC1(C)C(C(=O)OCc2cccc([N+](=O)[O-])c2)N2C(=O)C(NC(=O)Cc3ccccc3)C2S1=O. The summed E-state index contributed by atoms with van der Waals surface area (Å²) in [6, 6.07) is 12.6. The van der Waals surface area contributed by atoms with Gasteiger partial charge in [-0.1, -0.05) is 42.5 Å². The van der Waals surface area contributed by atoms with Crippen LogP contribution in [0, 0.1) is 10.1 Å². The highest BCUT2D eigenvalue weighted by molar-refractivity contribution is 7.87. The molecule has 0 aliphatic carbocycles. The van der Waals surface area contributed by atoms with Crippen molar-refractivity contribution in [3.63, 3.8) is 0 Å². The van der Waals surface area contributed by atoms with Crippen molar-refractivity contribution in [2.24, 2.45) is 0 Å². The number of nitrogens with one attached hydrogen (secondary N) is 1. The topological polar surface area (TPSA) is 136 Å². The van der Waals surface area contributed by atoms with Crippen LogP contribution in [0.4, 0.5) is 5.69 Å². The maximum atomic E-state index is 13.2. The molecule has 4 atom stereocenters. The highest BCUT2D eigenvalue weighted by Gasteiger charge is 2.68. The van der Waals surface area contributed by atoms with Crippen molar-refractivity contribution in [2.75, 3.05) is 0 Å². The normalized spacial score (nSPS) is 24.6. The van der Waals surface area contributed by atoms with Gasteiger partial charge in [0.15, 0.2) is 0 Å². The van der Waals surface area contributed by atoms with Gasteiger partial charge in [-0.05, 0) is 25.0 Å². The van der Waals surface area contributed by atoms with Gasteiger partial charge in [0.1, 0.15) is 24.1 Å². The van der Waals surface area contributed by atoms with Crippen molar-refractivity contribution in [2.45, 2.75) is 49.1 Å². The molecule has 2 fully saturated rings. The molecule has 10 nitrogen and oxygen atoms in total. The van der Waals surface area contributed by atoms with Gasteiger partial charge in [0.2, 0.25) is 11.8 Å². The second-order valence-electron chi connectivity index (χ2n) is 8.68. The van der Waals surface area contributed by atoms with E-state index in [4.69, 9.17) is 4.74 Å². The maximum Gasteiger partial charge on any atom is 0.330 e. The first kappa shape index (κ1) is 23.6. The zero-order chi connectivity index (χ0) is 24.6. The third kappa shape index (κ3) is 4.18. The average molecular weight is 486 g/mol. The molecular weight excluding hydrogens is 462 g/mol. The third-order valence-corrected chi connectivity index (χ3v) is 8.20. The Kier molecular flexibility index (Phi) is 6.22.